The number of carbonyl (C=O) groups is 2. The maximum atomic E-state index is 14.4. The van der Waals surface area contributed by atoms with Crippen LogP contribution in [0.1, 0.15) is 79.8 Å². The average Bonchev–Trinajstić information content (AvgIpc) is 3.30. The number of likely N-dealkylation sites (tertiary alicyclic amines) is 1. The van der Waals surface area contributed by atoms with E-state index in [0.717, 1.165) is 18.5 Å². The van der Waals surface area contributed by atoms with Crippen molar-refractivity contribution in [3.8, 4) is 5.88 Å². The van der Waals surface area contributed by atoms with Gasteiger partial charge in [0, 0.05) is 25.1 Å². The quantitative estimate of drug-likeness (QED) is 0.305. The van der Waals surface area contributed by atoms with E-state index in [1.807, 2.05) is 34.6 Å². The molecule has 3 aromatic rings. The lowest BCUT2D eigenvalue weighted by atomic mass is 9.99. The van der Waals surface area contributed by atoms with E-state index < -0.39 is 23.1 Å². The Labute approximate surface area is 246 Å². The van der Waals surface area contributed by atoms with Gasteiger partial charge in [0.15, 0.2) is 5.65 Å². The molecule has 11 heteroatoms. The first-order valence-corrected chi connectivity index (χ1v) is 14.4. The number of hydrogen-bond acceptors (Lipinski definition) is 7. The Balaban J connectivity index is 1.69. The number of hydrogen-bond donors (Lipinski definition) is 0. The lowest BCUT2D eigenvalue weighted by Gasteiger charge is -2.34. The zero-order valence-electron chi connectivity index (χ0n) is 25.8. The second-order valence-electron chi connectivity index (χ2n) is 13.0. The van der Waals surface area contributed by atoms with Crippen LogP contribution in [0.2, 0.25) is 0 Å². The van der Waals surface area contributed by atoms with Crippen molar-refractivity contribution in [2.24, 2.45) is 5.92 Å². The zero-order valence-corrected chi connectivity index (χ0v) is 25.8. The fourth-order valence-electron chi connectivity index (χ4n) is 4.74. The summed E-state index contributed by atoms with van der Waals surface area (Å²) >= 11 is 0. The van der Waals surface area contributed by atoms with Crippen LogP contribution >= 0.6 is 0 Å². The molecule has 1 atom stereocenters. The number of amides is 2. The standard InChI is InChI=1S/C31H42FN5O5/c1-20(2)25-17-33-27-24(36(29(39)42-31(6,7)8)23-13-9-12-22(32)15-23)16-26(34-37(25)27)40-19-21-11-10-14-35(18-21)28(38)41-30(3,4)5/h9,12-13,15-17,20-21H,10-11,14,18-19H2,1-8H3. The third kappa shape index (κ3) is 7.68. The third-order valence-electron chi connectivity index (χ3n) is 6.56. The molecule has 2 amide bonds. The van der Waals surface area contributed by atoms with Gasteiger partial charge in [-0.3, -0.25) is 0 Å². The molecule has 0 saturated carbocycles. The predicted octanol–water partition coefficient (Wildman–Crippen LogP) is 7.09. The van der Waals surface area contributed by atoms with E-state index >= 15 is 0 Å². The summed E-state index contributed by atoms with van der Waals surface area (Å²) < 4.78 is 33.6. The van der Waals surface area contributed by atoms with Crippen molar-refractivity contribution in [2.45, 2.75) is 85.4 Å². The minimum atomic E-state index is -0.801. The molecule has 1 aliphatic heterocycles. The number of carbonyl (C=O) groups excluding carboxylic acids is 2. The van der Waals surface area contributed by atoms with Gasteiger partial charge in [-0.15, -0.1) is 5.10 Å². The number of ether oxygens (including phenoxy) is 3. The monoisotopic (exact) mass is 583 g/mol. The molecule has 4 rings (SSSR count). The summed E-state index contributed by atoms with van der Waals surface area (Å²) in [6, 6.07) is 7.35. The van der Waals surface area contributed by atoms with E-state index in [1.165, 1.54) is 23.1 Å². The minimum Gasteiger partial charge on any atom is -0.476 e. The number of nitrogens with zero attached hydrogens (tertiary/aromatic N) is 5. The van der Waals surface area contributed by atoms with Gasteiger partial charge in [-0.1, -0.05) is 19.9 Å². The predicted molar refractivity (Wildman–Crippen MR) is 158 cm³/mol. The molecular formula is C31H42FN5O5. The Hall–Kier alpha value is -3.89. The molecule has 1 saturated heterocycles. The summed E-state index contributed by atoms with van der Waals surface area (Å²) in [4.78, 5) is 33.8. The SMILES string of the molecule is CC(C)c1cnc2c(N(C(=O)OC(C)(C)C)c3cccc(F)c3)cc(OCC3CCCN(C(=O)OC(C)(C)C)C3)nn12. The maximum absolute atomic E-state index is 14.4. The van der Waals surface area contributed by atoms with E-state index in [4.69, 9.17) is 19.3 Å². The zero-order chi connectivity index (χ0) is 30.8. The Kier molecular flexibility index (Phi) is 8.98. The highest BCUT2D eigenvalue weighted by Gasteiger charge is 2.31. The molecule has 1 aromatic carbocycles. The summed E-state index contributed by atoms with van der Waals surface area (Å²) in [5, 5.41) is 4.71. The van der Waals surface area contributed by atoms with Crippen molar-refractivity contribution in [1.82, 2.24) is 19.5 Å². The number of benzene rings is 1. The number of rotatable bonds is 6. The Morgan fingerprint density at radius 1 is 1.10 bits per heavy atom. The molecule has 0 bridgehead atoms. The average molecular weight is 584 g/mol. The molecule has 2 aromatic heterocycles. The fraction of sp³-hybridized carbons (Fsp3) is 0.548. The summed E-state index contributed by atoms with van der Waals surface area (Å²) in [6.07, 6.45) is 2.39. The van der Waals surface area contributed by atoms with Gasteiger partial charge in [0.2, 0.25) is 5.88 Å². The minimum absolute atomic E-state index is 0.0600. The molecule has 3 heterocycles. The van der Waals surface area contributed by atoms with Crippen LogP contribution in [-0.4, -0.2) is 62.6 Å². The van der Waals surface area contributed by atoms with Crippen molar-refractivity contribution in [3.05, 3.63) is 48.0 Å². The van der Waals surface area contributed by atoms with E-state index in [9.17, 15) is 14.0 Å². The van der Waals surface area contributed by atoms with Gasteiger partial charge < -0.3 is 19.1 Å². The summed E-state index contributed by atoms with van der Waals surface area (Å²) in [5.74, 6) is -0.109. The second-order valence-corrected chi connectivity index (χ2v) is 13.0. The van der Waals surface area contributed by atoms with Gasteiger partial charge in [-0.2, -0.15) is 0 Å². The van der Waals surface area contributed by atoms with Gasteiger partial charge in [-0.05, 0) is 78.5 Å². The Morgan fingerprint density at radius 2 is 1.81 bits per heavy atom. The lowest BCUT2D eigenvalue weighted by Crippen LogP contribution is -2.44. The maximum Gasteiger partial charge on any atom is 0.419 e. The van der Waals surface area contributed by atoms with E-state index in [1.54, 1.807) is 48.5 Å². The molecule has 1 unspecified atom stereocenters. The Bertz CT molecular complexity index is 1430. The van der Waals surface area contributed by atoms with Crippen molar-refractivity contribution >= 4 is 29.2 Å². The fourth-order valence-corrected chi connectivity index (χ4v) is 4.74. The topological polar surface area (TPSA) is 98.5 Å². The van der Waals surface area contributed by atoms with Crippen molar-refractivity contribution in [3.63, 3.8) is 0 Å². The van der Waals surface area contributed by atoms with E-state index in [2.05, 4.69) is 4.98 Å². The lowest BCUT2D eigenvalue weighted by molar-refractivity contribution is 0.0138. The molecule has 0 radical (unpaired) electrons. The van der Waals surface area contributed by atoms with Crippen LogP contribution < -0.4 is 9.64 Å². The molecule has 0 N–H and O–H groups in total. The van der Waals surface area contributed by atoms with Gasteiger partial charge >= 0.3 is 12.2 Å². The molecule has 42 heavy (non-hydrogen) atoms. The van der Waals surface area contributed by atoms with Crippen LogP contribution in [-0.2, 0) is 9.47 Å². The second kappa shape index (κ2) is 12.1. The summed E-state index contributed by atoms with van der Waals surface area (Å²) in [5.41, 5.74) is 0.453. The van der Waals surface area contributed by atoms with Crippen molar-refractivity contribution in [2.75, 3.05) is 24.6 Å². The first kappa shape index (κ1) is 31.1. The van der Waals surface area contributed by atoms with Crippen LogP contribution in [0.25, 0.3) is 5.65 Å². The first-order valence-electron chi connectivity index (χ1n) is 14.4. The molecule has 0 spiro atoms. The van der Waals surface area contributed by atoms with Gasteiger partial charge in [0.25, 0.3) is 0 Å². The van der Waals surface area contributed by atoms with E-state index in [0.29, 0.717) is 31.0 Å². The van der Waals surface area contributed by atoms with Gasteiger partial charge in [0.1, 0.15) is 22.7 Å². The number of piperidine rings is 1. The largest absolute Gasteiger partial charge is 0.476 e. The highest BCUT2D eigenvalue weighted by molar-refractivity contribution is 6.00. The molecule has 10 nitrogen and oxygen atoms in total. The molecule has 1 fully saturated rings. The molecule has 0 aliphatic carbocycles. The number of fused-ring (bicyclic) bond motifs is 1. The van der Waals surface area contributed by atoms with Crippen molar-refractivity contribution in [1.29, 1.82) is 0 Å². The first-order chi connectivity index (χ1) is 19.6. The number of aromatic nitrogens is 3. The molecule has 228 valence electrons. The van der Waals surface area contributed by atoms with Crippen LogP contribution in [0.15, 0.2) is 36.5 Å². The van der Waals surface area contributed by atoms with Crippen LogP contribution in [0.5, 0.6) is 5.88 Å². The third-order valence-corrected chi connectivity index (χ3v) is 6.56. The van der Waals surface area contributed by atoms with Crippen LogP contribution in [0.4, 0.5) is 25.4 Å². The number of anilines is 2. The summed E-state index contributed by atoms with van der Waals surface area (Å²) in [6.45, 7) is 16.3. The summed E-state index contributed by atoms with van der Waals surface area (Å²) in [7, 11) is 0. The number of halogens is 1. The van der Waals surface area contributed by atoms with Crippen molar-refractivity contribution < 1.29 is 28.2 Å². The molecular weight excluding hydrogens is 541 g/mol. The highest BCUT2D eigenvalue weighted by Crippen LogP contribution is 2.34. The number of imidazole rings is 1. The van der Waals surface area contributed by atoms with E-state index in [-0.39, 0.29) is 29.5 Å². The van der Waals surface area contributed by atoms with Gasteiger partial charge in [-0.25, -0.2) is 28.4 Å². The normalized spacial score (nSPS) is 16.0. The van der Waals surface area contributed by atoms with Crippen LogP contribution in [0, 0.1) is 11.7 Å². The highest BCUT2D eigenvalue weighted by atomic mass is 19.1. The van der Waals surface area contributed by atoms with Gasteiger partial charge in [0.05, 0.1) is 24.2 Å². The smallest absolute Gasteiger partial charge is 0.419 e. The van der Waals surface area contributed by atoms with Crippen LogP contribution in [0.3, 0.4) is 0 Å². The molecule has 1 aliphatic rings. The Morgan fingerprint density at radius 3 is 2.45 bits per heavy atom.